The van der Waals surface area contributed by atoms with Gasteiger partial charge in [0, 0.05) is 0 Å². The number of imide groups is 2. The van der Waals surface area contributed by atoms with Gasteiger partial charge in [0.25, 0.3) is 11.8 Å². The molecule has 1 saturated heterocycles. The summed E-state index contributed by atoms with van der Waals surface area (Å²) in [6, 6.07) is 26.6. The fourth-order valence-electron chi connectivity index (χ4n) is 4.17. The lowest BCUT2D eigenvalue weighted by Crippen LogP contribution is -2.54. The topological polar surface area (TPSA) is 84.9 Å². The van der Waals surface area contributed by atoms with E-state index < -0.39 is 17.8 Å². The van der Waals surface area contributed by atoms with Crippen LogP contribution < -0.4 is 19.7 Å². The van der Waals surface area contributed by atoms with Crippen molar-refractivity contribution in [1.29, 1.82) is 0 Å². The summed E-state index contributed by atoms with van der Waals surface area (Å²) in [6.45, 7) is 4.75. The second-order valence-electron chi connectivity index (χ2n) is 9.69. The van der Waals surface area contributed by atoms with Crippen LogP contribution in [0.5, 0.6) is 11.5 Å². The van der Waals surface area contributed by atoms with E-state index in [9.17, 15) is 14.4 Å². The molecule has 0 atom stereocenters. The number of aryl methyl sites for hydroxylation is 2. The number of anilines is 1. The van der Waals surface area contributed by atoms with E-state index in [-0.39, 0.29) is 5.57 Å². The zero-order valence-corrected chi connectivity index (χ0v) is 23.3. The van der Waals surface area contributed by atoms with Crippen LogP contribution in [0.25, 0.3) is 6.08 Å². The van der Waals surface area contributed by atoms with Crippen molar-refractivity contribution in [2.24, 2.45) is 0 Å². The molecular formula is C33H27ClN2O5. The molecule has 1 heterocycles. The van der Waals surface area contributed by atoms with Gasteiger partial charge in [-0.25, -0.2) is 9.69 Å². The van der Waals surface area contributed by atoms with Gasteiger partial charge in [-0.2, -0.15) is 0 Å². The number of hydrogen-bond acceptors (Lipinski definition) is 5. The summed E-state index contributed by atoms with van der Waals surface area (Å²) in [4.78, 5) is 39.4. The van der Waals surface area contributed by atoms with Crippen LogP contribution in [0.4, 0.5) is 10.5 Å². The minimum atomic E-state index is -0.830. The van der Waals surface area contributed by atoms with Crippen LogP contribution in [-0.2, 0) is 22.8 Å². The molecule has 206 valence electrons. The highest BCUT2D eigenvalue weighted by Gasteiger charge is 2.36. The molecule has 4 amide bonds. The monoisotopic (exact) mass is 566 g/mol. The third-order valence-electron chi connectivity index (χ3n) is 6.50. The van der Waals surface area contributed by atoms with Crippen LogP contribution in [-0.4, -0.2) is 17.8 Å². The molecule has 7 nitrogen and oxygen atoms in total. The van der Waals surface area contributed by atoms with Crippen LogP contribution in [0.1, 0.15) is 27.8 Å². The lowest BCUT2D eigenvalue weighted by Gasteiger charge is -2.26. The van der Waals surface area contributed by atoms with Gasteiger partial charge in [0.1, 0.15) is 30.3 Å². The number of hydrogen-bond donors (Lipinski definition) is 1. The number of ether oxygens (including phenoxy) is 2. The zero-order valence-electron chi connectivity index (χ0n) is 22.5. The second kappa shape index (κ2) is 12.1. The molecule has 0 saturated carbocycles. The number of amides is 4. The van der Waals surface area contributed by atoms with E-state index in [4.69, 9.17) is 21.1 Å². The first-order valence-electron chi connectivity index (χ1n) is 12.9. The number of rotatable bonds is 8. The molecule has 4 aromatic carbocycles. The summed E-state index contributed by atoms with van der Waals surface area (Å²) in [5.41, 5.74) is 4.94. The summed E-state index contributed by atoms with van der Waals surface area (Å²) in [5, 5.41) is 2.56. The molecule has 1 aliphatic rings. The van der Waals surface area contributed by atoms with E-state index >= 15 is 0 Å². The maximum atomic E-state index is 13.3. The van der Waals surface area contributed by atoms with E-state index in [1.165, 1.54) is 6.08 Å². The average molecular weight is 567 g/mol. The Bertz CT molecular complexity index is 1630. The van der Waals surface area contributed by atoms with Crippen LogP contribution in [0.15, 0.2) is 96.6 Å². The lowest BCUT2D eigenvalue weighted by molar-refractivity contribution is -0.122. The van der Waals surface area contributed by atoms with Crippen molar-refractivity contribution in [3.63, 3.8) is 0 Å². The lowest BCUT2D eigenvalue weighted by atomic mass is 10.1. The fraction of sp³-hybridized carbons (Fsp3) is 0.121. The molecule has 0 aliphatic carbocycles. The number of nitrogens with one attached hydrogen (secondary N) is 1. The minimum Gasteiger partial charge on any atom is -0.489 e. The maximum Gasteiger partial charge on any atom is 0.335 e. The largest absolute Gasteiger partial charge is 0.489 e. The molecule has 0 unspecified atom stereocenters. The van der Waals surface area contributed by atoms with Crippen LogP contribution in [0.2, 0.25) is 5.02 Å². The Morgan fingerprint density at radius 3 is 1.93 bits per heavy atom. The van der Waals surface area contributed by atoms with Crippen molar-refractivity contribution in [3.8, 4) is 11.5 Å². The van der Waals surface area contributed by atoms with Crippen LogP contribution in [0.3, 0.4) is 0 Å². The molecular weight excluding hydrogens is 540 g/mol. The SMILES string of the molecule is Cc1ccc(COc2ccc(N3C(=O)NC(=O)/C(=C\c4ccc(OCc5ccc(C)cc5)c(Cl)c4)C3=O)cc2)cc1. The third-order valence-corrected chi connectivity index (χ3v) is 6.80. The standard InChI is InChI=1S/C33H27ClN2O5/c1-21-3-7-23(8-4-21)19-40-27-14-12-26(13-15-27)36-32(38)28(31(37)35-33(36)39)17-25-11-16-30(29(34)18-25)41-20-24-9-5-22(2)6-10-24/h3-18H,19-20H2,1-2H3,(H,35,37,39)/b28-17+. The number of carbonyl (C=O) groups excluding carboxylic acids is 3. The molecule has 5 rings (SSSR count). The molecule has 8 heteroatoms. The van der Waals surface area contributed by atoms with E-state index in [0.29, 0.717) is 41.0 Å². The van der Waals surface area contributed by atoms with Gasteiger partial charge in [0.2, 0.25) is 0 Å². The van der Waals surface area contributed by atoms with Crippen LogP contribution >= 0.6 is 11.6 Å². The van der Waals surface area contributed by atoms with Crippen LogP contribution in [0, 0.1) is 13.8 Å². The Hall–Kier alpha value is -4.88. The molecule has 41 heavy (non-hydrogen) atoms. The summed E-state index contributed by atoms with van der Waals surface area (Å²) in [5.74, 6) is -0.492. The number of carbonyl (C=O) groups is 3. The predicted octanol–water partition coefficient (Wildman–Crippen LogP) is 6.78. The number of halogens is 1. The van der Waals surface area contributed by atoms with E-state index in [0.717, 1.165) is 27.2 Å². The quantitative estimate of drug-likeness (QED) is 0.188. The van der Waals surface area contributed by atoms with E-state index in [1.807, 2.05) is 62.4 Å². The molecule has 0 bridgehead atoms. The number of benzene rings is 4. The highest BCUT2D eigenvalue weighted by Crippen LogP contribution is 2.29. The fourth-order valence-corrected chi connectivity index (χ4v) is 4.41. The van der Waals surface area contributed by atoms with Crippen molar-refractivity contribution in [3.05, 3.63) is 129 Å². The van der Waals surface area contributed by atoms with E-state index in [2.05, 4.69) is 5.32 Å². The molecule has 4 aromatic rings. The van der Waals surface area contributed by atoms with Gasteiger partial charge in [0.05, 0.1) is 10.7 Å². The van der Waals surface area contributed by atoms with Gasteiger partial charge in [-0.05, 0) is 73.0 Å². The predicted molar refractivity (Wildman–Crippen MR) is 158 cm³/mol. The Kier molecular flexibility index (Phi) is 8.17. The van der Waals surface area contributed by atoms with Gasteiger partial charge in [-0.1, -0.05) is 77.3 Å². The Morgan fingerprint density at radius 1 is 0.756 bits per heavy atom. The van der Waals surface area contributed by atoms with Crippen molar-refractivity contribution < 1.29 is 23.9 Å². The first kappa shape index (κ1) is 27.7. The van der Waals surface area contributed by atoms with Gasteiger partial charge in [0.15, 0.2) is 0 Å². The zero-order chi connectivity index (χ0) is 28.9. The smallest absolute Gasteiger partial charge is 0.335 e. The van der Waals surface area contributed by atoms with Gasteiger partial charge < -0.3 is 9.47 Å². The number of urea groups is 1. The molecule has 0 spiro atoms. The maximum absolute atomic E-state index is 13.3. The Balaban J connectivity index is 1.28. The van der Waals surface area contributed by atoms with Gasteiger partial charge in [-0.3, -0.25) is 14.9 Å². The molecule has 1 aliphatic heterocycles. The van der Waals surface area contributed by atoms with Crippen molar-refractivity contribution in [2.45, 2.75) is 27.1 Å². The van der Waals surface area contributed by atoms with Gasteiger partial charge in [-0.15, -0.1) is 0 Å². The highest BCUT2D eigenvalue weighted by molar-refractivity contribution is 6.39. The summed E-state index contributed by atoms with van der Waals surface area (Å²) in [7, 11) is 0. The first-order chi connectivity index (χ1) is 19.8. The average Bonchev–Trinajstić information content (AvgIpc) is 2.96. The van der Waals surface area contributed by atoms with Crippen molar-refractivity contribution in [1.82, 2.24) is 5.32 Å². The minimum absolute atomic E-state index is 0.200. The molecule has 1 N–H and O–H groups in total. The first-order valence-corrected chi connectivity index (χ1v) is 13.3. The number of nitrogens with zero attached hydrogens (tertiary/aromatic N) is 1. The summed E-state index contributed by atoms with van der Waals surface area (Å²) >= 11 is 6.43. The van der Waals surface area contributed by atoms with Crippen molar-refractivity contribution in [2.75, 3.05) is 4.90 Å². The van der Waals surface area contributed by atoms with E-state index in [1.54, 1.807) is 42.5 Å². The molecule has 1 fully saturated rings. The second-order valence-corrected chi connectivity index (χ2v) is 10.1. The normalized spacial score (nSPS) is 14.3. The third kappa shape index (κ3) is 6.65. The summed E-state index contributed by atoms with van der Waals surface area (Å²) in [6.07, 6.45) is 1.39. The number of barbiturate groups is 1. The highest BCUT2D eigenvalue weighted by atomic mass is 35.5. The molecule has 0 aromatic heterocycles. The Labute approximate surface area is 243 Å². The Morgan fingerprint density at radius 2 is 1.34 bits per heavy atom. The summed E-state index contributed by atoms with van der Waals surface area (Å²) < 4.78 is 11.7. The van der Waals surface area contributed by atoms with Gasteiger partial charge >= 0.3 is 6.03 Å². The molecule has 0 radical (unpaired) electrons. The van der Waals surface area contributed by atoms with Crippen molar-refractivity contribution >= 4 is 41.2 Å².